The number of halogens is 3. The van der Waals surface area contributed by atoms with Gasteiger partial charge >= 0.3 is 0 Å². The van der Waals surface area contributed by atoms with E-state index in [9.17, 15) is 0 Å². The second-order valence-electron chi connectivity index (χ2n) is 3.78. The third-order valence-corrected chi connectivity index (χ3v) is 3.35. The highest BCUT2D eigenvalue weighted by molar-refractivity contribution is 6.39. The fraction of sp³-hybridized carbons (Fsp3) is 0.0714. The maximum absolute atomic E-state index is 6.09. The summed E-state index contributed by atoms with van der Waals surface area (Å²) in [6.45, 7) is 2.48. The van der Waals surface area contributed by atoms with Crippen molar-refractivity contribution in [2.45, 2.75) is 6.54 Å². The monoisotopic (exact) mass is 298 g/mol. The smallest absolute Gasteiger partial charge is 0.0521 e. The molecule has 0 saturated carbocycles. The number of rotatable bonds is 4. The van der Waals surface area contributed by atoms with Gasteiger partial charge in [-0.2, -0.15) is 0 Å². The zero-order valence-electron chi connectivity index (χ0n) is 9.46. The summed E-state index contributed by atoms with van der Waals surface area (Å²) in [5.41, 5.74) is 1.94. The van der Waals surface area contributed by atoms with E-state index in [2.05, 4.69) is 5.32 Å². The third-order valence-electron chi connectivity index (χ3n) is 2.45. The van der Waals surface area contributed by atoms with Crippen molar-refractivity contribution in [3.05, 3.63) is 75.2 Å². The summed E-state index contributed by atoms with van der Waals surface area (Å²) in [6, 6.07) is 13.3. The van der Waals surface area contributed by atoms with Crippen LogP contribution in [0.5, 0.6) is 0 Å². The minimum atomic E-state index is 0.542. The lowest BCUT2D eigenvalue weighted by molar-refractivity contribution is 0.819. The van der Waals surface area contributed by atoms with Gasteiger partial charge in [-0.25, -0.2) is 0 Å². The molecule has 0 aliphatic carbocycles. The van der Waals surface area contributed by atoms with Gasteiger partial charge in [0.05, 0.1) is 6.54 Å². The molecule has 0 heterocycles. The maximum Gasteiger partial charge on any atom is 0.0521 e. The van der Waals surface area contributed by atoms with E-state index in [-0.39, 0.29) is 0 Å². The summed E-state index contributed by atoms with van der Waals surface area (Å²) in [6.07, 6.45) is 0. The van der Waals surface area contributed by atoms with E-state index in [4.69, 9.17) is 34.8 Å². The molecule has 2 aromatic rings. The Labute approximate surface area is 122 Å². The number of hydrogen-bond donors (Lipinski definition) is 1. The van der Waals surface area contributed by atoms with Crippen LogP contribution >= 0.6 is 34.8 Å². The maximum atomic E-state index is 6.09. The van der Waals surface area contributed by atoms with Crippen LogP contribution < -0.4 is 5.32 Å². The van der Waals surface area contributed by atoms with E-state index in [1.807, 2.05) is 36.9 Å². The van der Waals surface area contributed by atoms with Gasteiger partial charge in [0.25, 0.3) is 0 Å². The van der Waals surface area contributed by atoms with Gasteiger partial charge in [0.1, 0.15) is 0 Å². The van der Waals surface area contributed by atoms with E-state index in [1.165, 1.54) is 0 Å². The lowest BCUT2D eigenvalue weighted by Gasteiger charge is -2.09. The highest BCUT2D eigenvalue weighted by Gasteiger charge is 2.07. The lowest BCUT2D eigenvalue weighted by atomic mass is 10.2. The molecule has 2 aromatic carbocycles. The third kappa shape index (κ3) is 3.63. The van der Waals surface area contributed by atoms with Crippen molar-refractivity contribution < 1.29 is 0 Å². The van der Waals surface area contributed by atoms with Gasteiger partial charge in [0.2, 0.25) is 0 Å². The van der Waals surface area contributed by atoms with Crippen molar-refractivity contribution in [1.82, 2.24) is 5.32 Å². The Morgan fingerprint density at radius 3 is 2.17 bits per heavy atom. The summed E-state index contributed by atoms with van der Waals surface area (Å²) in [4.78, 5) is 0. The van der Waals surface area contributed by atoms with Gasteiger partial charge in [-0.3, -0.25) is 0 Å². The molecule has 0 aliphatic heterocycles. The van der Waals surface area contributed by atoms with Crippen LogP contribution in [0.1, 0.15) is 11.1 Å². The summed E-state index contributed by atoms with van der Waals surface area (Å²) in [7, 11) is 0. The van der Waals surface area contributed by atoms with Crippen molar-refractivity contribution >= 4 is 34.8 Å². The average molecular weight is 300 g/mol. The quantitative estimate of drug-likeness (QED) is 0.842. The molecule has 0 bridgehead atoms. The fourth-order valence-electron chi connectivity index (χ4n) is 1.56. The highest BCUT2D eigenvalue weighted by atomic mass is 35.5. The van der Waals surface area contributed by atoms with Crippen LogP contribution in [0.25, 0.3) is 0 Å². The summed E-state index contributed by atoms with van der Waals surface area (Å²) < 4.78 is 0. The van der Waals surface area contributed by atoms with E-state index >= 15 is 0 Å². The molecule has 4 heteroatoms. The van der Waals surface area contributed by atoms with Crippen molar-refractivity contribution in [2.24, 2.45) is 0 Å². The fourth-order valence-corrected chi connectivity index (χ4v) is 2.51. The van der Waals surface area contributed by atoms with E-state index < -0.39 is 0 Å². The van der Waals surface area contributed by atoms with Crippen LogP contribution in [0.4, 0.5) is 0 Å². The van der Waals surface area contributed by atoms with E-state index in [1.54, 1.807) is 12.1 Å². The minimum Gasteiger partial charge on any atom is -0.304 e. The van der Waals surface area contributed by atoms with Gasteiger partial charge in [0.15, 0.2) is 0 Å². The molecule has 0 aliphatic rings. The standard InChI is InChI=1S/C14H11Cl3N/c15-11-6-13(16)12(14(17)7-11)9-18-8-10-4-2-1-3-5-10/h1-8,18H,9H2. The molecule has 0 amide bonds. The largest absolute Gasteiger partial charge is 0.304 e. The summed E-state index contributed by atoms with van der Waals surface area (Å²) in [5.74, 6) is 0. The zero-order valence-corrected chi connectivity index (χ0v) is 11.7. The molecule has 2 rings (SSSR count). The van der Waals surface area contributed by atoms with Gasteiger partial charge < -0.3 is 5.32 Å². The Hall–Kier alpha value is -0.730. The molecule has 18 heavy (non-hydrogen) atoms. The van der Waals surface area contributed by atoms with E-state index in [0.717, 1.165) is 11.1 Å². The Balaban J connectivity index is 1.99. The molecule has 1 N–H and O–H groups in total. The molecule has 1 radical (unpaired) electrons. The summed E-state index contributed by atoms with van der Waals surface area (Å²) >= 11 is 18.0. The second kappa shape index (κ2) is 6.44. The van der Waals surface area contributed by atoms with Crippen molar-refractivity contribution in [1.29, 1.82) is 0 Å². The van der Waals surface area contributed by atoms with Crippen LogP contribution in [0.2, 0.25) is 15.1 Å². The average Bonchev–Trinajstić information content (AvgIpc) is 2.34. The molecule has 93 valence electrons. The van der Waals surface area contributed by atoms with Crippen LogP contribution in [0.3, 0.4) is 0 Å². The molecule has 0 unspecified atom stereocenters. The van der Waals surface area contributed by atoms with Crippen LogP contribution in [0, 0.1) is 6.54 Å². The van der Waals surface area contributed by atoms with Gasteiger partial charge in [0, 0.05) is 27.2 Å². The first-order valence-electron chi connectivity index (χ1n) is 5.42. The minimum absolute atomic E-state index is 0.542. The number of hydrogen-bond acceptors (Lipinski definition) is 1. The molecular formula is C14H11Cl3N. The summed E-state index contributed by atoms with van der Waals surface area (Å²) in [5, 5.41) is 4.87. The normalized spacial score (nSPS) is 10.6. The predicted octanol–water partition coefficient (Wildman–Crippen LogP) is 4.95. The first kappa shape index (κ1) is 13.7. The number of benzene rings is 2. The topological polar surface area (TPSA) is 12.0 Å². The molecule has 0 saturated heterocycles. The zero-order chi connectivity index (χ0) is 13.0. The Bertz CT molecular complexity index is 503. The van der Waals surface area contributed by atoms with Crippen LogP contribution in [-0.4, -0.2) is 0 Å². The van der Waals surface area contributed by atoms with Gasteiger partial charge in [-0.15, -0.1) is 0 Å². The molecule has 0 spiro atoms. The highest BCUT2D eigenvalue weighted by Crippen LogP contribution is 2.28. The SMILES string of the molecule is Clc1cc(Cl)c(CN[CH]c2ccccc2)c(Cl)c1. The first-order valence-corrected chi connectivity index (χ1v) is 6.55. The first-order chi connectivity index (χ1) is 8.66. The number of nitrogens with one attached hydrogen (secondary N) is 1. The Kier molecular flexibility index (Phi) is 4.90. The predicted molar refractivity (Wildman–Crippen MR) is 78.2 cm³/mol. The van der Waals surface area contributed by atoms with Gasteiger partial charge in [-0.05, 0) is 17.7 Å². The van der Waals surface area contributed by atoms with E-state index in [0.29, 0.717) is 21.6 Å². The Morgan fingerprint density at radius 2 is 1.56 bits per heavy atom. The molecule has 0 atom stereocenters. The van der Waals surface area contributed by atoms with Crippen LogP contribution in [0.15, 0.2) is 42.5 Å². The van der Waals surface area contributed by atoms with Crippen molar-refractivity contribution in [3.63, 3.8) is 0 Å². The van der Waals surface area contributed by atoms with Gasteiger partial charge in [-0.1, -0.05) is 65.1 Å². The van der Waals surface area contributed by atoms with Crippen molar-refractivity contribution in [2.75, 3.05) is 0 Å². The molecule has 0 fully saturated rings. The lowest BCUT2D eigenvalue weighted by Crippen LogP contribution is -2.11. The molecule has 1 nitrogen and oxygen atoms in total. The van der Waals surface area contributed by atoms with Crippen LogP contribution in [-0.2, 0) is 6.54 Å². The molecule has 0 aromatic heterocycles. The second-order valence-corrected chi connectivity index (χ2v) is 5.03. The van der Waals surface area contributed by atoms with Crippen molar-refractivity contribution in [3.8, 4) is 0 Å². The molecular weight excluding hydrogens is 289 g/mol. The Morgan fingerprint density at radius 1 is 0.944 bits per heavy atom.